The van der Waals surface area contributed by atoms with Crippen molar-refractivity contribution in [2.75, 3.05) is 13.1 Å². The van der Waals surface area contributed by atoms with Crippen LogP contribution in [-0.2, 0) is 0 Å². The molecule has 0 aromatic heterocycles. The van der Waals surface area contributed by atoms with Gasteiger partial charge in [-0.15, -0.1) is 0 Å². The van der Waals surface area contributed by atoms with Gasteiger partial charge in [0.15, 0.2) is 0 Å². The topological polar surface area (TPSA) is 29.3 Å². The van der Waals surface area contributed by atoms with E-state index in [0.717, 1.165) is 30.6 Å². The second kappa shape index (κ2) is 5.37. The van der Waals surface area contributed by atoms with E-state index in [2.05, 4.69) is 18.7 Å². The highest BCUT2D eigenvalue weighted by molar-refractivity contribution is 5.31. The molecule has 0 saturated carbocycles. The summed E-state index contributed by atoms with van der Waals surface area (Å²) in [6, 6.07) is 5.31. The first-order chi connectivity index (χ1) is 8.49. The summed E-state index contributed by atoms with van der Waals surface area (Å²) in [7, 11) is 0. The molecule has 2 unspecified atom stereocenters. The van der Waals surface area contributed by atoms with Crippen LogP contribution in [0.4, 0.5) is 4.39 Å². The summed E-state index contributed by atoms with van der Waals surface area (Å²) >= 11 is 0. The molecule has 1 fully saturated rings. The minimum Gasteiger partial charge on any atom is -0.326 e. The Labute approximate surface area is 109 Å². The number of benzene rings is 1. The molecule has 0 radical (unpaired) electrons. The monoisotopic (exact) mass is 250 g/mol. The van der Waals surface area contributed by atoms with Crippen molar-refractivity contribution < 1.29 is 4.39 Å². The zero-order valence-electron chi connectivity index (χ0n) is 11.5. The lowest BCUT2D eigenvalue weighted by Crippen LogP contribution is -2.34. The van der Waals surface area contributed by atoms with Crippen molar-refractivity contribution in [2.24, 2.45) is 11.7 Å². The lowest BCUT2D eigenvalue weighted by atomic mass is 9.96. The molecule has 2 rings (SSSR count). The first-order valence-corrected chi connectivity index (χ1v) is 6.74. The average molecular weight is 250 g/mol. The maximum Gasteiger partial charge on any atom is 0.123 e. The molecular weight excluding hydrogens is 227 g/mol. The van der Waals surface area contributed by atoms with Crippen LogP contribution in [0, 0.1) is 18.7 Å². The van der Waals surface area contributed by atoms with E-state index in [9.17, 15) is 4.39 Å². The van der Waals surface area contributed by atoms with Crippen LogP contribution in [0.3, 0.4) is 0 Å². The summed E-state index contributed by atoms with van der Waals surface area (Å²) < 4.78 is 13.5. The van der Waals surface area contributed by atoms with Crippen LogP contribution >= 0.6 is 0 Å². The maximum atomic E-state index is 13.5. The Balaban J connectivity index is 2.30. The molecule has 100 valence electrons. The lowest BCUT2D eigenvalue weighted by Gasteiger charge is -2.29. The second-order valence-electron chi connectivity index (χ2n) is 5.79. The fourth-order valence-electron chi connectivity index (χ4n) is 2.91. The molecule has 1 aliphatic heterocycles. The summed E-state index contributed by atoms with van der Waals surface area (Å²) in [5.41, 5.74) is 8.42. The number of hydrogen-bond donors (Lipinski definition) is 1. The van der Waals surface area contributed by atoms with Crippen molar-refractivity contribution in [1.29, 1.82) is 0 Å². The molecule has 3 heteroatoms. The zero-order chi connectivity index (χ0) is 13.3. The number of likely N-dealkylation sites (tertiary alicyclic amines) is 1. The summed E-state index contributed by atoms with van der Waals surface area (Å²) in [4.78, 5) is 2.40. The quantitative estimate of drug-likeness (QED) is 0.893. The second-order valence-corrected chi connectivity index (χ2v) is 5.79. The number of hydrogen-bond acceptors (Lipinski definition) is 2. The molecule has 0 spiro atoms. The predicted molar refractivity (Wildman–Crippen MR) is 72.9 cm³/mol. The Hall–Kier alpha value is -0.930. The molecule has 1 saturated heterocycles. The van der Waals surface area contributed by atoms with E-state index in [1.807, 2.05) is 13.0 Å². The van der Waals surface area contributed by atoms with Gasteiger partial charge in [-0.3, -0.25) is 4.90 Å². The molecule has 0 aliphatic carbocycles. The average Bonchev–Trinajstić information content (AvgIpc) is 2.63. The molecule has 1 heterocycles. The molecular formula is C15H23FN2. The van der Waals surface area contributed by atoms with Crippen molar-refractivity contribution in [2.45, 2.75) is 39.3 Å². The molecule has 2 N–H and O–H groups in total. The van der Waals surface area contributed by atoms with Gasteiger partial charge in [-0.1, -0.05) is 19.9 Å². The molecule has 2 nitrogen and oxygen atoms in total. The Morgan fingerprint density at radius 1 is 1.44 bits per heavy atom. The fourth-order valence-corrected chi connectivity index (χ4v) is 2.91. The number of halogens is 1. The van der Waals surface area contributed by atoms with E-state index in [0.29, 0.717) is 5.92 Å². The first kappa shape index (κ1) is 13.5. The number of rotatable bonds is 3. The van der Waals surface area contributed by atoms with Gasteiger partial charge in [0.05, 0.1) is 6.04 Å². The van der Waals surface area contributed by atoms with Crippen LogP contribution in [-0.4, -0.2) is 24.0 Å². The van der Waals surface area contributed by atoms with Gasteiger partial charge in [0, 0.05) is 19.1 Å². The highest BCUT2D eigenvalue weighted by Crippen LogP contribution is 2.33. The largest absolute Gasteiger partial charge is 0.326 e. The van der Waals surface area contributed by atoms with E-state index in [1.54, 1.807) is 6.07 Å². The van der Waals surface area contributed by atoms with Crippen LogP contribution in [0.1, 0.15) is 37.4 Å². The van der Waals surface area contributed by atoms with Crippen molar-refractivity contribution in [1.82, 2.24) is 4.90 Å². The van der Waals surface area contributed by atoms with Crippen LogP contribution < -0.4 is 5.73 Å². The summed E-state index contributed by atoms with van der Waals surface area (Å²) in [6.45, 7) is 8.49. The predicted octanol–water partition coefficient (Wildman–Crippen LogP) is 2.86. The van der Waals surface area contributed by atoms with Gasteiger partial charge in [-0.2, -0.15) is 0 Å². The highest BCUT2D eigenvalue weighted by atomic mass is 19.1. The molecule has 1 aromatic carbocycles. The van der Waals surface area contributed by atoms with Gasteiger partial charge in [0.1, 0.15) is 5.82 Å². The fraction of sp³-hybridized carbons (Fsp3) is 0.600. The van der Waals surface area contributed by atoms with Gasteiger partial charge < -0.3 is 5.73 Å². The van der Waals surface area contributed by atoms with Gasteiger partial charge in [0.2, 0.25) is 0 Å². The van der Waals surface area contributed by atoms with Crippen molar-refractivity contribution in [3.8, 4) is 0 Å². The molecule has 18 heavy (non-hydrogen) atoms. The lowest BCUT2D eigenvalue weighted by molar-refractivity contribution is 0.220. The first-order valence-electron chi connectivity index (χ1n) is 6.74. The van der Waals surface area contributed by atoms with Gasteiger partial charge >= 0.3 is 0 Å². The van der Waals surface area contributed by atoms with E-state index in [1.165, 1.54) is 6.07 Å². The van der Waals surface area contributed by atoms with Crippen LogP contribution in [0.25, 0.3) is 0 Å². The zero-order valence-corrected chi connectivity index (χ0v) is 11.5. The molecule has 0 bridgehead atoms. The Morgan fingerprint density at radius 2 is 2.17 bits per heavy atom. The van der Waals surface area contributed by atoms with E-state index < -0.39 is 0 Å². The van der Waals surface area contributed by atoms with E-state index in [4.69, 9.17) is 5.73 Å². The van der Waals surface area contributed by atoms with Gasteiger partial charge in [0.25, 0.3) is 0 Å². The third-order valence-electron chi connectivity index (χ3n) is 3.71. The van der Waals surface area contributed by atoms with Crippen LogP contribution in [0.2, 0.25) is 0 Å². The number of nitrogens with two attached hydrogens (primary N) is 1. The summed E-state index contributed by atoms with van der Waals surface area (Å²) in [5.74, 6) is 0.436. The van der Waals surface area contributed by atoms with Crippen LogP contribution in [0.5, 0.6) is 0 Å². The molecule has 1 aromatic rings. The van der Waals surface area contributed by atoms with Gasteiger partial charge in [-0.05, 0) is 42.5 Å². The van der Waals surface area contributed by atoms with E-state index in [-0.39, 0.29) is 17.9 Å². The standard InChI is InChI=1S/C15H23FN2/c1-10(2)9-18-7-6-14(17)15(18)13-8-12(16)5-4-11(13)3/h4-5,8,10,14-15H,6-7,9,17H2,1-3H3. The highest BCUT2D eigenvalue weighted by Gasteiger charge is 2.33. The van der Waals surface area contributed by atoms with E-state index >= 15 is 0 Å². The van der Waals surface area contributed by atoms with Crippen molar-refractivity contribution in [3.63, 3.8) is 0 Å². The third-order valence-corrected chi connectivity index (χ3v) is 3.71. The molecule has 0 amide bonds. The normalized spacial score (nSPS) is 25.0. The third kappa shape index (κ3) is 2.73. The maximum absolute atomic E-state index is 13.5. The molecule has 2 atom stereocenters. The Bertz CT molecular complexity index is 417. The van der Waals surface area contributed by atoms with Gasteiger partial charge in [-0.25, -0.2) is 4.39 Å². The van der Waals surface area contributed by atoms with Crippen LogP contribution in [0.15, 0.2) is 18.2 Å². The smallest absolute Gasteiger partial charge is 0.123 e. The minimum absolute atomic E-state index is 0.115. The Morgan fingerprint density at radius 3 is 2.83 bits per heavy atom. The Kier molecular flexibility index (Phi) is 4.03. The minimum atomic E-state index is -0.167. The number of nitrogens with zero attached hydrogens (tertiary/aromatic N) is 1. The van der Waals surface area contributed by atoms with Crippen molar-refractivity contribution in [3.05, 3.63) is 35.1 Å². The SMILES string of the molecule is Cc1ccc(F)cc1C1C(N)CCN1CC(C)C. The summed E-state index contributed by atoms with van der Waals surface area (Å²) in [6.07, 6.45) is 0.993. The molecule has 1 aliphatic rings. The van der Waals surface area contributed by atoms with Crippen molar-refractivity contribution >= 4 is 0 Å². The number of aryl methyl sites for hydroxylation is 1. The summed E-state index contributed by atoms with van der Waals surface area (Å²) in [5, 5.41) is 0.